The molecule has 0 saturated carbocycles. The Morgan fingerprint density at radius 1 is 1.06 bits per heavy atom. The van der Waals surface area contributed by atoms with Gasteiger partial charge >= 0.3 is 0 Å². The van der Waals surface area contributed by atoms with Crippen molar-refractivity contribution in [3.63, 3.8) is 0 Å². The standard InChI is InChI=1S/C23H28Cl2N2O5S/c1-26(13-16-7-9-21(31-2)22(12-16)32-3)23(28)18-5-4-10-27(14-18)33(29,30)15-17-6-8-19(24)20(25)11-17/h6-9,11-12,18H,4-5,10,13-15H2,1-3H3/t18-/m0/s1. The third-order valence-corrected chi connectivity index (χ3v) is 8.26. The van der Waals surface area contributed by atoms with Gasteiger partial charge in [0.2, 0.25) is 15.9 Å². The predicted molar refractivity (Wildman–Crippen MR) is 129 cm³/mol. The number of methoxy groups -OCH3 is 2. The zero-order valence-electron chi connectivity index (χ0n) is 18.9. The molecule has 0 radical (unpaired) electrons. The first kappa shape index (κ1) is 25.6. The third-order valence-electron chi connectivity index (χ3n) is 5.70. The Morgan fingerprint density at radius 2 is 1.76 bits per heavy atom. The van der Waals surface area contributed by atoms with E-state index < -0.39 is 15.9 Å². The molecule has 1 heterocycles. The highest BCUT2D eigenvalue weighted by Crippen LogP contribution is 2.29. The van der Waals surface area contributed by atoms with E-state index in [9.17, 15) is 13.2 Å². The summed E-state index contributed by atoms with van der Waals surface area (Å²) in [6.45, 7) is 0.942. The molecule has 1 atom stereocenters. The van der Waals surface area contributed by atoms with Crippen LogP contribution in [0, 0.1) is 5.92 Å². The van der Waals surface area contributed by atoms with Crippen molar-refractivity contribution in [1.82, 2.24) is 9.21 Å². The summed E-state index contributed by atoms with van der Waals surface area (Å²) in [6.07, 6.45) is 1.27. The average Bonchev–Trinajstić information content (AvgIpc) is 2.80. The van der Waals surface area contributed by atoms with Crippen molar-refractivity contribution in [2.45, 2.75) is 25.1 Å². The average molecular weight is 515 g/mol. The van der Waals surface area contributed by atoms with Crippen molar-refractivity contribution in [3.05, 3.63) is 57.6 Å². The number of carbonyl (C=O) groups is 1. The molecule has 0 unspecified atom stereocenters. The molecule has 1 saturated heterocycles. The summed E-state index contributed by atoms with van der Waals surface area (Å²) in [5, 5.41) is 0.687. The van der Waals surface area contributed by atoms with E-state index in [1.54, 1.807) is 50.4 Å². The maximum atomic E-state index is 13.1. The number of piperidine rings is 1. The summed E-state index contributed by atoms with van der Waals surface area (Å²) in [5.41, 5.74) is 1.45. The molecule has 10 heteroatoms. The van der Waals surface area contributed by atoms with Gasteiger partial charge in [-0.1, -0.05) is 35.3 Å². The number of amides is 1. The number of halogens is 2. The van der Waals surface area contributed by atoms with Gasteiger partial charge in [0.05, 0.1) is 35.9 Å². The number of ether oxygens (including phenoxy) is 2. The molecule has 0 bridgehead atoms. The zero-order chi connectivity index (χ0) is 24.2. The predicted octanol–water partition coefficient (Wildman–Crippen LogP) is 4.21. The van der Waals surface area contributed by atoms with Crippen LogP contribution < -0.4 is 9.47 Å². The van der Waals surface area contributed by atoms with Gasteiger partial charge in [-0.25, -0.2) is 12.7 Å². The van der Waals surface area contributed by atoms with Crippen LogP contribution in [0.5, 0.6) is 11.5 Å². The van der Waals surface area contributed by atoms with Crippen LogP contribution >= 0.6 is 23.2 Å². The molecule has 2 aromatic carbocycles. The lowest BCUT2D eigenvalue weighted by molar-refractivity contribution is -0.135. The van der Waals surface area contributed by atoms with Crippen LogP contribution in [-0.2, 0) is 27.1 Å². The molecule has 1 fully saturated rings. The number of hydrogen-bond acceptors (Lipinski definition) is 5. The molecular formula is C23H28Cl2N2O5S. The Bertz CT molecular complexity index is 1110. The van der Waals surface area contributed by atoms with Crippen molar-refractivity contribution in [2.24, 2.45) is 5.92 Å². The van der Waals surface area contributed by atoms with Gasteiger partial charge in [-0.2, -0.15) is 0 Å². The minimum absolute atomic E-state index is 0.0841. The summed E-state index contributed by atoms with van der Waals surface area (Å²) in [4.78, 5) is 14.7. The van der Waals surface area contributed by atoms with Gasteiger partial charge in [0.15, 0.2) is 11.5 Å². The van der Waals surface area contributed by atoms with E-state index in [-0.39, 0.29) is 18.2 Å². The fraction of sp³-hybridized carbons (Fsp3) is 0.435. The quantitative estimate of drug-likeness (QED) is 0.527. The van der Waals surface area contributed by atoms with E-state index in [0.29, 0.717) is 53.0 Å². The number of carbonyl (C=O) groups excluding carboxylic acids is 1. The molecule has 3 rings (SSSR count). The van der Waals surface area contributed by atoms with E-state index in [4.69, 9.17) is 32.7 Å². The van der Waals surface area contributed by atoms with Crippen LogP contribution in [0.25, 0.3) is 0 Å². The van der Waals surface area contributed by atoms with Crippen molar-refractivity contribution in [1.29, 1.82) is 0 Å². The molecule has 1 amide bonds. The van der Waals surface area contributed by atoms with Gasteiger partial charge in [0, 0.05) is 26.7 Å². The molecular weight excluding hydrogens is 487 g/mol. The van der Waals surface area contributed by atoms with Crippen LogP contribution in [0.3, 0.4) is 0 Å². The second kappa shape index (κ2) is 11.0. The first-order chi connectivity index (χ1) is 15.6. The van der Waals surface area contributed by atoms with E-state index in [1.807, 2.05) is 12.1 Å². The SMILES string of the molecule is COc1ccc(CN(C)C(=O)[C@H]2CCCN(S(=O)(=O)Cc3ccc(Cl)c(Cl)c3)C2)cc1OC. The van der Waals surface area contributed by atoms with E-state index in [0.717, 1.165) is 5.56 Å². The lowest BCUT2D eigenvalue weighted by Gasteiger charge is -2.33. The Balaban J connectivity index is 1.66. The Kier molecular flexibility index (Phi) is 8.50. The first-order valence-corrected chi connectivity index (χ1v) is 12.9. The zero-order valence-corrected chi connectivity index (χ0v) is 21.2. The minimum Gasteiger partial charge on any atom is -0.493 e. The Morgan fingerprint density at radius 3 is 2.42 bits per heavy atom. The fourth-order valence-corrected chi connectivity index (χ4v) is 5.89. The summed E-state index contributed by atoms with van der Waals surface area (Å²) in [7, 11) is 1.25. The summed E-state index contributed by atoms with van der Waals surface area (Å²) < 4.78 is 38.0. The third kappa shape index (κ3) is 6.32. The highest BCUT2D eigenvalue weighted by atomic mass is 35.5. The van der Waals surface area contributed by atoms with Crippen molar-refractivity contribution in [2.75, 3.05) is 34.4 Å². The van der Waals surface area contributed by atoms with Gasteiger partial charge in [-0.3, -0.25) is 4.79 Å². The molecule has 0 aliphatic carbocycles. The number of benzene rings is 2. The second-order valence-electron chi connectivity index (χ2n) is 8.09. The van der Waals surface area contributed by atoms with Gasteiger partial charge < -0.3 is 14.4 Å². The topological polar surface area (TPSA) is 76.2 Å². The number of rotatable bonds is 8. The van der Waals surface area contributed by atoms with Gasteiger partial charge in [0.25, 0.3) is 0 Å². The molecule has 1 aliphatic heterocycles. The summed E-state index contributed by atoms with van der Waals surface area (Å²) >= 11 is 12.0. The van der Waals surface area contributed by atoms with Gasteiger partial charge in [0.1, 0.15) is 0 Å². The lowest BCUT2D eigenvalue weighted by atomic mass is 9.98. The fourth-order valence-electron chi connectivity index (χ4n) is 3.97. The maximum absolute atomic E-state index is 13.1. The minimum atomic E-state index is -3.60. The molecule has 0 spiro atoms. The lowest BCUT2D eigenvalue weighted by Crippen LogP contribution is -2.46. The molecule has 0 aromatic heterocycles. The molecule has 180 valence electrons. The first-order valence-electron chi connectivity index (χ1n) is 10.5. The van der Waals surface area contributed by atoms with E-state index >= 15 is 0 Å². The van der Waals surface area contributed by atoms with Crippen molar-refractivity contribution < 1.29 is 22.7 Å². The number of sulfonamides is 1. The van der Waals surface area contributed by atoms with Crippen LogP contribution in [0.1, 0.15) is 24.0 Å². The van der Waals surface area contributed by atoms with Gasteiger partial charge in [-0.15, -0.1) is 0 Å². The van der Waals surface area contributed by atoms with Crippen LogP contribution in [0.4, 0.5) is 0 Å². The normalized spacial score (nSPS) is 16.9. The Hall–Kier alpha value is -2.00. The molecule has 33 heavy (non-hydrogen) atoms. The van der Waals surface area contributed by atoms with E-state index in [2.05, 4.69) is 0 Å². The molecule has 1 aliphatic rings. The van der Waals surface area contributed by atoms with Gasteiger partial charge in [-0.05, 0) is 48.2 Å². The van der Waals surface area contributed by atoms with Crippen LogP contribution in [0.15, 0.2) is 36.4 Å². The van der Waals surface area contributed by atoms with Crippen LogP contribution in [0.2, 0.25) is 10.0 Å². The second-order valence-corrected chi connectivity index (χ2v) is 10.9. The molecule has 0 N–H and O–H groups in total. The van der Waals surface area contributed by atoms with Crippen molar-refractivity contribution >= 4 is 39.1 Å². The largest absolute Gasteiger partial charge is 0.493 e. The molecule has 7 nitrogen and oxygen atoms in total. The number of hydrogen-bond donors (Lipinski definition) is 0. The number of nitrogens with zero attached hydrogens (tertiary/aromatic N) is 2. The summed E-state index contributed by atoms with van der Waals surface area (Å²) in [6, 6.07) is 10.3. The Labute approximate surface area is 205 Å². The highest BCUT2D eigenvalue weighted by molar-refractivity contribution is 7.88. The van der Waals surface area contributed by atoms with E-state index in [1.165, 1.54) is 4.31 Å². The molecule has 2 aromatic rings. The smallest absolute Gasteiger partial charge is 0.227 e. The van der Waals surface area contributed by atoms with Crippen molar-refractivity contribution in [3.8, 4) is 11.5 Å². The maximum Gasteiger partial charge on any atom is 0.227 e. The van der Waals surface area contributed by atoms with Crippen LogP contribution in [-0.4, -0.2) is 57.9 Å². The highest BCUT2D eigenvalue weighted by Gasteiger charge is 2.33. The monoisotopic (exact) mass is 514 g/mol. The summed E-state index contributed by atoms with van der Waals surface area (Å²) in [5.74, 6) is 0.539.